The third-order valence-electron chi connectivity index (χ3n) is 2.61. The molecule has 0 aromatic heterocycles. The summed E-state index contributed by atoms with van der Waals surface area (Å²) in [7, 11) is 0. The van der Waals surface area contributed by atoms with Gasteiger partial charge in [-0.1, -0.05) is 0 Å². The Balaban J connectivity index is 2.16. The Hall–Kier alpha value is -0.741. The molecule has 6 heteroatoms. The molecular weight excluding hydrogens is 396 g/mol. The van der Waals surface area contributed by atoms with Crippen molar-refractivity contribution >= 4 is 35.2 Å². The molecule has 0 unspecified atom stereocenters. The second kappa shape index (κ2) is 7.32. The molecule has 2 nitrogen and oxygen atoms in total. The summed E-state index contributed by atoms with van der Waals surface area (Å²) >= 11 is 0.0844. The zero-order valence-corrected chi connectivity index (χ0v) is 13.8. The molecule has 106 valence electrons. The Morgan fingerprint density at radius 2 is 1.15 bits per heavy atom. The number of hydrogen-bond acceptors (Lipinski definition) is 2. The van der Waals surface area contributed by atoms with Gasteiger partial charge in [-0.25, -0.2) is 0 Å². The van der Waals surface area contributed by atoms with Crippen LogP contribution in [0, 0.1) is 11.6 Å². The Labute approximate surface area is 126 Å². The van der Waals surface area contributed by atoms with E-state index >= 15 is 0 Å². The van der Waals surface area contributed by atoms with Crippen molar-refractivity contribution in [2.45, 2.75) is 13.2 Å². The summed E-state index contributed by atoms with van der Waals surface area (Å²) < 4.78 is 28.1. The van der Waals surface area contributed by atoms with Crippen LogP contribution in [0.1, 0.15) is 11.1 Å². The van der Waals surface area contributed by atoms with Crippen molar-refractivity contribution in [3.63, 3.8) is 0 Å². The van der Waals surface area contributed by atoms with Crippen LogP contribution in [-0.4, -0.2) is 36.5 Å². The summed E-state index contributed by atoms with van der Waals surface area (Å²) in [6, 6.07) is 8.80. The molecule has 0 spiro atoms. The van der Waals surface area contributed by atoms with E-state index in [0.717, 1.165) is 8.92 Å². The number of halogens is 2. The topological polar surface area (TPSA) is 40.5 Å². The fourth-order valence-corrected chi connectivity index (χ4v) is 8.96. The first kappa shape index (κ1) is 15.6. The number of aliphatic hydroxyl groups excluding tert-OH is 2. The Kier molecular flexibility index (Phi) is 5.73. The molecule has 0 aliphatic carbocycles. The number of aliphatic hydroxyl groups is 2. The van der Waals surface area contributed by atoms with Gasteiger partial charge in [-0.15, -0.1) is 0 Å². The van der Waals surface area contributed by atoms with Crippen LogP contribution < -0.4 is 8.92 Å². The van der Waals surface area contributed by atoms with Crippen molar-refractivity contribution in [1.29, 1.82) is 0 Å². The molecule has 20 heavy (non-hydrogen) atoms. The van der Waals surface area contributed by atoms with Crippen LogP contribution in [0.15, 0.2) is 36.4 Å². The van der Waals surface area contributed by atoms with Crippen LogP contribution in [0.4, 0.5) is 8.78 Å². The van der Waals surface area contributed by atoms with Crippen molar-refractivity contribution in [3.8, 4) is 0 Å². The average Bonchev–Trinajstić information content (AvgIpc) is 2.46. The van der Waals surface area contributed by atoms with Crippen LogP contribution >= 0.6 is 0 Å². The van der Waals surface area contributed by atoms with E-state index in [4.69, 9.17) is 0 Å². The van der Waals surface area contributed by atoms with E-state index in [1.807, 2.05) is 0 Å². The van der Waals surface area contributed by atoms with Crippen molar-refractivity contribution in [1.82, 2.24) is 0 Å². The fraction of sp³-hybridized carbons (Fsp3) is 0.143. The van der Waals surface area contributed by atoms with Gasteiger partial charge in [0.25, 0.3) is 0 Å². The molecule has 0 fully saturated rings. The van der Waals surface area contributed by atoms with Gasteiger partial charge in [0, 0.05) is 0 Å². The second-order valence-electron chi connectivity index (χ2n) is 3.99. The molecular formula is C14H12F2O2Se2. The first-order valence-corrected chi connectivity index (χ1v) is 11.8. The molecule has 0 aliphatic rings. The van der Waals surface area contributed by atoms with E-state index in [1.54, 1.807) is 12.1 Å². The van der Waals surface area contributed by atoms with Crippen LogP contribution in [0.5, 0.6) is 0 Å². The zero-order chi connectivity index (χ0) is 14.5. The Morgan fingerprint density at radius 1 is 0.750 bits per heavy atom. The van der Waals surface area contributed by atoms with Crippen molar-refractivity contribution < 1.29 is 19.0 Å². The Bertz CT molecular complexity index is 552. The predicted molar refractivity (Wildman–Crippen MR) is 75.4 cm³/mol. The van der Waals surface area contributed by atoms with Crippen LogP contribution in [0.25, 0.3) is 0 Å². The molecule has 2 rings (SSSR count). The number of rotatable bonds is 5. The van der Waals surface area contributed by atoms with E-state index in [9.17, 15) is 19.0 Å². The molecule has 0 bridgehead atoms. The Morgan fingerprint density at radius 3 is 1.50 bits per heavy atom. The quantitative estimate of drug-likeness (QED) is 0.696. The SMILES string of the molecule is OCc1cc(F)ccc1[Se][Se]c1ccc(F)cc1CO. The van der Waals surface area contributed by atoms with Crippen LogP contribution in [-0.2, 0) is 13.2 Å². The normalized spacial score (nSPS) is 10.8. The summed E-state index contributed by atoms with van der Waals surface area (Å²) in [5.41, 5.74) is 1.19. The predicted octanol–water partition coefficient (Wildman–Crippen LogP) is 0.224. The summed E-state index contributed by atoms with van der Waals surface area (Å²) in [6.45, 7) is -0.387. The molecule has 0 amide bonds. The molecule has 2 N–H and O–H groups in total. The van der Waals surface area contributed by atoms with Crippen molar-refractivity contribution in [2.75, 3.05) is 0 Å². The van der Waals surface area contributed by atoms with Gasteiger partial charge < -0.3 is 0 Å². The summed E-state index contributed by atoms with van der Waals surface area (Å²) in [5.74, 6) is -0.724. The van der Waals surface area contributed by atoms with Crippen molar-refractivity contribution in [2.24, 2.45) is 0 Å². The molecule has 0 saturated carbocycles. The number of hydrogen-bond donors (Lipinski definition) is 2. The average molecular weight is 408 g/mol. The van der Waals surface area contributed by atoms with Gasteiger partial charge in [0.05, 0.1) is 0 Å². The summed E-state index contributed by atoms with van der Waals surface area (Å²) in [6.07, 6.45) is 0. The standard InChI is InChI=1S/C14H12F2O2Se2/c15-11-1-3-13(9(5-11)7-17)19-20-14-4-2-12(16)6-10(14)8-18/h1-6,17-18H,7-8H2. The monoisotopic (exact) mass is 410 g/mol. The minimum absolute atomic E-state index is 0.0422. The van der Waals surface area contributed by atoms with Gasteiger partial charge in [0.15, 0.2) is 0 Å². The van der Waals surface area contributed by atoms with E-state index in [-0.39, 0.29) is 51.1 Å². The van der Waals surface area contributed by atoms with Crippen molar-refractivity contribution in [3.05, 3.63) is 59.2 Å². The van der Waals surface area contributed by atoms with E-state index in [2.05, 4.69) is 0 Å². The van der Waals surface area contributed by atoms with E-state index in [1.165, 1.54) is 24.3 Å². The molecule has 0 radical (unpaired) electrons. The maximum atomic E-state index is 13.1. The van der Waals surface area contributed by atoms with Gasteiger partial charge in [-0.3, -0.25) is 0 Å². The third kappa shape index (κ3) is 3.89. The molecule has 0 atom stereocenters. The maximum absolute atomic E-state index is 13.1. The third-order valence-corrected chi connectivity index (χ3v) is 10.0. The van der Waals surface area contributed by atoms with Crippen LogP contribution in [0.2, 0.25) is 0 Å². The van der Waals surface area contributed by atoms with E-state index < -0.39 is 0 Å². The molecule has 0 heterocycles. The van der Waals surface area contributed by atoms with Gasteiger partial charge in [0.1, 0.15) is 0 Å². The first-order valence-electron chi connectivity index (χ1n) is 5.77. The first-order chi connectivity index (χ1) is 9.63. The molecule has 2 aromatic carbocycles. The zero-order valence-electron chi connectivity index (χ0n) is 10.3. The molecule has 2 aromatic rings. The van der Waals surface area contributed by atoms with Gasteiger partial charge >= 0.3 is 127 Å². The summed E-state index contributed by atoms with van der Waals surface area (Å²) in [5, 5.41) is 18.5. The van der Waals surface area contributed by atoms with Crippen LogP contribution in [0.3, 0.4) is 0 Å². The van der Waals surface area contributed by atoms with Gasteiger partial charge in [-0.2, -0.15) is 0 Å². The molecule has 0 aliphatic heterocycles. The second-order valence-corrected chi connectivity index (χ2v) is 10.2. The van der Waals surface area contributed by atoms with Gasteiger partial charge in [-0.05, 0) is 0 Å². The fourth-order valence-electron chi connectivity index (χ4n) is 1.60. The molecule has 0 saturated heterocycles. The number of benzene rings is 2. The summed E-state index contributed by atoms with van der Waals surface area (Å²) in [4.78, 5) is 0. The van der Waals surface area contributed by atoms with E-state index in [0.29, 0.717) is 11.1 Å². The minimum atomic E-state index is -0.362. The van der Waals surface area contributed by atoms with Gasteiger partial charge in [0.2, 0.25) is 0 Å².